The summed E-state index contributed by atoms with van der Waals surface area (Å²) in [6, 6.07) is 3.57. The number of likely N-dealkylation sites (N-methyl/N-ethyl adjacent to an activating group) is 1. The number of urea groups is 1. The number of hydrogen-bond donors (Lipinski definition) is 1. The number of rotatable bonds is 1. The van der Waals surface area contributed by atoms with E-state index < -0.39 is 0 Å². The fourth-order valence-corrected chi connectivity index (χ4v) is 1.81. The van der Waals surface area contributed by atoms with Crippen LogP contribution in [-0.4, -0.2) is 29.9 Å². The third-order valence-corrected chi connectivity index (χ3v) is 3.10. The molecule has 5 heteroatoms. The number of carbonyl (C=O) groups is 2. The van der Waals surface area contributed by atoms with E-state index in [1.165, 1.54) is 11.9 Å². The highest BCUT2D eigenvalue weighted by Gasteiger charge is 2.33. The number of amides is 3. The molecule has 1 aliphatic rings. The van der Waals surface area contributed by atoms with Crippen molar-refractivity contribution in [1.29, 1.82) is 0 Å². The van der Waals surface area contributed by atoms with Gasteiger partial charge in [0.25, 0.3) is 5.91 Å². The number of nitrogens with zero attached hydrogens (tertiary/aromatic N) is 1. The number of imide groups is 1. The summed E-state index contributed by atoms with van der Waals surface area (Å²) >= 11 is 1.78. The van der Waals surface area contributed by atoms with E-state index >= 15 is 0 Å². The molecule has 4 nitrogen and oxygen atoms in total. The largest absolute Gasteiger partial charge is 0.326 e. The van der Waals surface area contributed by atoms with Crippen LogP contribution in [0.3, 0.4) is 0 Å². The van der Waals surface area contributed by atoms with Gasteiger partial charge in [0.2, 0.25) is 0 Å². The van der Waals surface area contributed by atoms with Gasteiger partial charge >= 0.3 is 6.03 Å². The quantitative estimate of drug-likeness (QED) is 0.763. The zero-order chi connectivity index (χ0) is 12.1. The van der Waals surface area contributed by atoms with Gasteiger partial charge in [-0.2, -0.15) is 0 Å². The van der Waals surface area contributed by atoms with E-state index in [2.05, 4.69) is 29.8 Å². The predicted molar refractivity (Wildman–Crippen MR) is 64.4 cm³/mol. The molecule has 1 unspecified atom stereocenters. The van der Waals surface area contributed by atoms with Crippen molar-refractivity contribution >= 4 is 23.3 Å². The number of nitrogens with one attached hydrogen (secondary N) is 1. The molecule has 1 aromatic heterocycles. The molecule has 0 radical (unpaired) electrons. The molecular formula is C11H16N2O2S. The van der Waals surface area contributed by atoms with Crippen LogP contribution in [0.25, 0.3) is 0 Å². The number of hydrogen-bond acceptors (Lipinski definition) is 3. The third-order valence-electron chi connectivity index (χ3n) is 2.30. The minimum atomic E-state index is -0.295. The van der Waals surface area contributed by atoms with Crippen molar-refractivity contribution in [3.8, 4) is 0 Å². The molecule has 0 aromatic carbocycles. The van der Waals surface area contributed by atoms with Gasteiger partial charge in [0.15, 0.2) is 0 Å². The minimum absolute atomic E-state index is 0.132. The number of aryl methyl sites for hydroxylation is 1. The second-order valence-corrected chi connectivity index (χ2v) is 4.68. The van der Waals surface area contributed by atoms with Gasteiger partial charge < -0.3 is 5.32 Å². The van der Waals surface area contributed by atoms with Crippen LogP contribution in [0.4, 0.5) is 4.79 Å². The summed E-state index contributed by atoms with van der Waals surface area (Å²) < 4.78 is 0. The Labute approximate surface area is 99.3 Å². The molecule has 0 bridgehead atoms. The maximum absolute atomic E-state index is 11.0. The van der Waals surface area contributed by atoms with Crippen LogP contribution in [0, 0.1) is 6.92 Å². The number of thiophene rings is 1. The lowest BCUT2D eigenvalue weighted by molar-refractivity contribution is -0.126. The fraction of sp³-hybridized carbons (Fsp3) is 0.455. The monoisotopic (exact) mass is 240 g/mol. The maximum atomic E-state index is 11.0. The minimum Gasteiger partial charge on any atom is -0.326 e. The topological polar surface area (TPSA) is 49.4 Å². The van der Waals surface area contributed by atoms with Crippen LogP contribution in [0.1, 0.15) is 18.2 Å². The Kier molecular flexibility index (Phi) is 4.49. The van der Waals surface area contributed by atoms with E-state index in [4.69, 9.17) is 0 Å². The molecule has 1 aliphatic heterocycles. The smallest absolute Gasteiger partial charge is 0.324 e. The van der Waals surface area contributed by atoms with Gasteiger partial charge in [0.1, 0.15) is 6.04 Å². The summed E-state index contributed by atoms with van der Waals surface area (Å²) in [6.07, 6.45) is 0.662. The van der Waals surface area contributed by atoms with Crippen LogP contribution in [0.2, 0.25) is 0 Å². The van der Waals surface area contributed by atoms with Crippen molar-refractivity contribution in [1.82, 2.24) is 10.2 Å². The summed E-state index contributed by atoms with van der Waals surface area (Å²) in [5.74, 6) is -0.132. The Hall–Kier alpha value is -1.36. The van der Waals surface area contributed by atoms with Crippen molar-refractivity contribution in [3.05, 3.63) is 22.4 Å². The van der Waals surface area contributed by atoms with Gasteiger partial charge in [-0.3, -0.25) is 9.69 Å². The second-order valence-electron chi connectivity index (χ2n) is 3.53. The molecule has 2 heterocycles. The first kappa shape index (κ1) is 12.7. The average molecular weight is 240 g/mol. The molecule has 2 rings (SSSR count). The molecule has 1 fully saturated rings. The molecule has 0 aliphatic carbocycles. The molecular weight excluding hydrogens is 224 g/mol. The summed E-state index contributed by atoms with van der Waals surface area (Å²) in [6.45, 7) is 3.96. The van der Waals surface area contributed by atoms with Crippen molar-refractivity contribution in [2.45, 2.75) is 26.3 Å². The maximum Gasteiger partial charge on any atom is 0.324 e. The van der Waals surface area contributed by atoms with Crippen LogP contribution < -0.4 is 5.32 Å². The van der Waals surface area contributed by atoms with E-state index in [-0.39, 0.29) is 18.0 Å². The van der Waals surface area contributed by atoms with Gasteiger partial charge in [0.05, 0.1) is 0 Å². The summed E-state index contributed by atoms with van der Waals surface area (Å²) in [5.41, 5.74) is 0. The van der Waals surface area contributed by atoms with E-state index in [1.807, 2.05) is 6.92 Å². The molecule has 88 valence electrons. The van der Waals surface area contributed by atoms with Crippen LogP contribution >= 0.6 is 11.3 Å². The van der Waals surface area contributed by atoms with Crippen molar-refractivity contribution in [2.24, 2.45) is 0 Å². The number of carbonyl (C=O) groups excluding carboxylic acids is 2. The molecule has 1 N–H and O–H groups in total. The fourth-order valence-electron chi connectivity index (χ4n) is 1.28. The molecule has 0 spiro atoms. The van der Waals surface area contributed by atoms with Gasteiger partial charge in [-0.1, -0.05) is 13.0 Å². The Bertz CT molecular complexity index is 362. The Morgan fingerprint density at radius 3 is 2.38 bits per heavy atom. The lowest BCUT2D eigenvalue weighted by Crippen LogP contribution is -2.27. The van der Waals surface area contributed by atoms with Gasteiger partial charge in [0, 0.05) is 11.9 Å². The van der Waals surface area contributed by atoms with Gasteiger partial charge in [-0.25, -0.2) is 4.79 Å². The summed E-state index contributed by atoms with van der Waals surface area (Å²) in [5, 5.41) is 4.62. The van der Waals surface area contributed by atoms with Crippen LogP contribution in [0.5, 0.6) is 0 Å². The van der Waals surface area contributed by atoms with Crippen molar-refractivity contribution in [3.63, 3.8) is 0 Å². The zero-order valence-electron chi connectivity index (χ0n) is 9.69. The molecule has 16 heavy (non-hydrogen) atoms. The van der Waals surface area contributed by atoms with E-state index in [0.29, 0.717) is 6.42 Å². The summed E-state index contributed by atoms with van der Waals surface area (Å²) in [4.78, 5) is 24.2. The Balaban J connectivity index is 0.000000181. The van der Waals surface area contributed by atoms with Crippen molar-refractivity contribution in [2.75, 3.05) is 7.05 Å². The highest BCUT2D eigenvalue weighted by molar-refractivity contribution is 7.09. The van der Waals surface area contributed by atoms with Gasteiger partial charge in [-0.15, -0.1) is 11.3 Å². The highest BCUT2D eigenvalue weighted by atomic mass is 32.1. The first-order valence-electron chi connectivity index (χ1n) is 5.14. The second kappa shape index (κ2) is 5.65. The Morgan fingerprint density at radius 2 is 2.19 bits per heavy atom. The van der Waals surface area contributed by atoms with Crippen molar-refractivity contribution < 1.29 is 9.59 Å². The standard InChI is InChI=1S/C6H10N2O2.C5H6S/c1-3-4-5(9)8(2)6(10)7-4;1-5-3-2-4-6-5/h4H,3H2,1-2H3,(H,7,10);2-4H,1H3. The Morgan fingerprint density at radius 1 is 1.50 bits per heavy atom. The first-order valence-corrected chi connectivity index (χ1v) is 6.02. The van der Waals surface area contributed by atoms with E-state index in [1.54, 1.807) is 11.3 Å². The molecule has 1 aromatic rings. The highest BCUT2D eigenvalue weighted by Crippen LogP contribution is 2.05. The molecule has 1 atom stereocenters. The molecule has 0 saturated carbocycles. The summed E-state index contributed by atoms with van der Waals surface area (Å²) in [7, 11) is 1.48. The first-order chi connectivity index (χ1) is 7.56. The zero-order valence-corrected chi connectivity index (χ0v) is 10.5. The lowest BCUT2D eigenvalue weighted by atomic mass is 10.2. The average Bonchev–Trinajstić information content (AvgIpc) is 2.83. The molecule has 3 amide bonds. The van der Waals surface area contributed by atoms with Crippen LogP contribution in [-0.2, 0) is 4.79 Å². The lowest BCUT2D eigenvalue weighted by Gasteiger charge is -2.02. The predicted octanol–water partition coefficient (Wildman–Crippen LogP) is 2.00. The van der Waals surface area contributed by atoms with E-state index in [9.17, 15) is 9.59 Å². The normalized spacial score (nSPS) is 19.2. The molecule has 1 saturated heterocycles. The van der Waals surface area contributed by atoms with Crippen LogP contribution in [0.15, 0.2) is 17.5 Å². The van der Waals surface area contributed by atoms with Gasteiger partial charge in [-0.05, 0) is 24.8 Å². The van der Waals surface area contributed by atoms with E-state index in [0.717, 1.165) is 4.90 Å². The third kappa shape index (κ3) is 3.06. The SMILES string of the molecule is CCC1NC(=O)N(C)C1=O.Cc1cccs1.